The van der Waals surface area contributed by atoms with Gasteiger partial charge in [0.1, 0.15) is 0 Å². The van der Waals surface area contributed by atoms with Crippen LogP contribution in [0, 0.1) is 0 Å². The molecule has 3 aromatic carbocycles. The van der Waals surface area contributed by atoms with Crippen LogP contribution in [-0.4, -0.2) is 5.78 Å². The molecule has 0 N–H and O–H groups in total. The van der Waals surface area contributed by atoms with Gasteiger partial charge in [-0.2, -0.15) is 0 Å². The molecule has 0 amide bonds. The van der Waals surface area contributed by atoms with Crippen LogP contribution < -0.4 is 0 Å². The van der Waals surface area contributed by atoms with E-state index >= 15 is 0 Å². The van der Waals surface area contributed by atoms with Crippen LogP contribution in [-0.2, 0) is 6.42 Å². The monoisotopic (exact) mass is 312 g/mol. The lowest BCUT2D eigenvalue weighted by Gasteiger charge is -2.03. The first-order valence-electron chi connectivity index (χ1n) is 8.23. The lowest BCUT2D eigenvalue weighted by Crippen LogP contribution is -1.94. The Morgan fingerprint density at radius 2 is 1.42 bits per heavy atom. The van der Waals surface area contributed by atoms with Crippen LogP contribution in [0.4, 0.5) is 0 Å². The van der Waals surface area contributed by atoms with Gasteiger partial charge in [-0.3, -0.25) is 4.79 Å². The first kappa shape index (κ1) is 15.9. The number of hydrogen-bond acceptors (Lipinski definition) is 1. The molecule has 0 radical (unpaired) electrons. The van der Waals surface area contributed by atoms with Crippen molar-refractivity contribution in [2.45, 2.75) is 12.8 Å². The van der Waals surface area contributed by atoms with E-state index in [1.54, 1.807) is 6.08 Å². The van der Waals surface area contributed by atoms with Gasteiger partial charge in [-0.1, -0.05) is 84.9 Å². The van der Waals surface area contributed by atoms with Gasteiger partial charge in [-0.25, -0.2) is 0 Å². The van der Waals surface area contributed by atoms with E-state index in [1.165, 1.54) is 5.56 Å². The first-order valence-corrected chi connectivity index (χ1v) is 8.23. The summed E-state index contributed by atoms with van der Waals surface area (Å²) in [6, 6.07) is 28.2. The van der Waals surface area contributed by atoms with Gasteiger partial charge in [0.2, 0.25) is 0 Å². The smallest absolute Gasteiger partial charge is 0.185 e. The standard InChI is InChI=1S/C23H20O/c24-23(17-8-7-12-19-10-3-1-4-11-19)22-16-9-15-21(18-22)20-13-5-2-6-14-20/h1-6,8-11,13-18H,7,12H2/b17-8+. The number of carbonyl (C=O) groups is 1. The molecule has 0 fully saturated rings. The van der Waals surface area contributed by atoms with Crippen LogP contribution >= 0.6 is 0 Å². The lowest BCUT2D eigenvalue weighted by atomic mass is 10.0. The van der Waals surface area contributed by atoms with E-state index in [1.807, 2.05) is 66.7 Å². The number of rotatable bonds is 6. The molecule has 0 saturated carbocycles. The zero-order chi connectivity index (χ0) is 16.6. The van der Waals surface area contributed by atoms with Gasteiger partial charge in [0, 0.05) is 5.56 Å². The highest BCUT2D eigenvalue weighted by Crippen LogP contribution is 2.20. The van der Waals surface area contributed by atoms with E-state index in [2.05, 4.69) is 24.3 Å². The summed E-state index contributed by atoms with van der Waals surface area (Å²) in [5.74, 6) is 0.0563. The van der Waals surface area contributed by atoms with Crippen molar-refractivity contribution in [1.29, 1.82) is 0 Å². The van der Waals surface area contributed by atoms with Gasteiger partial charge in [0.25, 0.3) is 0 Å². The summed E-state index contributed by atoms with van der Waals surface area (Å²) in [7, 11) is 0. The summed E-state index contributed by atoms with van der Waals surface area (Å²) >= 11 is 0. The van der Waals surface area contributed by atoms with Crippen molar-refractivity contribution in [3.8, 4) is 11.1 Å². The lowest BCUT2D eigenvalue weighted by molar-refractivity contribution is 0.104. The number of benzene rings is 3. The second-order valence-electron chi connectivity index (χ2n) is 5.74. The third-order valence-electron chi connectivity index (χ3n) is 3.97. The van der Waals surface area contributed by atoms with E-state index in [0.29, 0.717) is 0 Å². The minimum atomic E-state index is 0.0563. The molecular weight excluding hydrogens is 292 g/mol. The van der Waals surface area contributed by atoms with Crippen molar-refractivity contribution in [1.82, 2.24) is 0 Å². The second kappa shape index (κ2) is 8.07. The number of aryl methyl sites for hydroxylation is 1. The number of hydrogen-bond donors (Lipinski definition) is 0. The number of allylic oxidation sites excluding steroid dienone is 2. The molecule has 0 saturated heterocycles. The molecule has 1 heteroatoms. The third-order valence-corrected chi connectivity index (χ3v) is 3.97. The summed E-state index contributed by atoms with van der Waals surface area (Å²) in [6.07, 6.45) is 5.47. The highest BCUT2D eigenvalue weighted by molar-refractivity contribution is 6.05. The largest absolute Gasteiger partial charge is 0.289 e. The van der Waals surface area contributed by atoms with Crippen molar-refractivity contribution in [2.24, 2.45) is 0 Å². The van der Waals surface area contributed by atoms with Gasteiger partial charge >= 0.3 is 0 Å². The topological polar surface area (TPSA) is 17.1 Å². The molecule has 0 bridgehead atoms. The molecule has 3 rings (SSSR count). The molecule has 0 aliphatic rings. The summed E-state index contributed by atoms with van der Waals surface area (Å²) in [4.78, 5) is 12.4. The molecule has 3 aromatic rings. The molecule has 24 heavy (non-hydrogen) atoms. The van der Waals surface area contributed by atoms with E-state index in [0.717, 1.165) is 29.5 Å². The Morgan fingerprint density at radius 3 is 2.17 bits per heavy atom. The van der Waals surface area contributed by atoms with Gasteiger partial charge in [0.15, 0.2) is 5.78 Å². The van der Waals surface area contributed by atoms with Crippen molar-refractivity contribution in [2.75, 3.05) is 0 Å². The molecular formula is C23H20O. The average molecular weight is 312 g/mol. The van der Waals surface area contributed by atoms with Gasteiger partial charge in [0.05, 0.1) is 0 Å². The molecule has 0 aliphatic heterocycles. The van der Waals surface area contributed by atoms with E-state index < -0.39 is 0 Å². The minimum Gasteiger partial charge on any atom is -0.289 e. The fourth-order valence-electron chi connectivity index (χ4n) is 2.66. The Kier molecular flexibility index (Phi) is 5.36. The Labute approximate surface area is 143 Å². The van der Waals surface area contributed by atoms with Gasteiger partial charge in [-0.05, 0) is 41.7 Å². The Bertz CT molecular complexity index is 817. The minimum absolute atomic E-state index is 0.0563. The quantitative estimate of drug-likeness (QED) is 0.420. The fourth-order valence-corrected chi connectivity index (χ4v) is 2.66. The summed E-state index contributed by atoms with van der Waals surface area (Å²) in [5, 5.41) is 0. The van der Waals surface area contributed by atoms with Crippen LogP contribution in [0.5, 0.6) is 0 Å². The summed E-state index contributed by atoms with van der Waals surface area (Å²) in [5.41, 5.74) is 4.22. The number of ketones is 1. The summed E-state index contributed by atoms with van der Waals surface area (Å²) in [6.45, 7) is 0. The van der Waals surface area contributed by atoms with Crippen LogP contribution in [0.15, 0.2) is 97.1 Å². The first-order chi connectivity index (χ1) is 11.8. The predicted molar refractivity (Wildman–Crippen MR) is 100 cm³/mol. The molecule has 0 unspecified atom stereocenters. The molecule has 0 aromatic heterocycles. The molecule has 0 heterocycles. The maximum Gasteiger partial charge on any atom is 0.185 e. The Morgan fingerprint density at radius 1 is 0.750 bits per heavy atom. The zero-order valence-corrected chi connectivity index (χ0v) is 13.6. The molecule has 0 atom stereocenters. The van der Waals surface area contributed by atoms with Crippen LogP contribution in [0.1, 0.15) is 22.3 Å². The van der Waals surface area contributed by atoms with Gasteiger partial charge < -0.3 is 0 Å². The van der Waals surface area contributed by atoms with Crippen molar-refractivity contribution in [3.63, 3.8) is 0 Å². The molecule has 0 aliphatic carbocycles. The highest BCUT2D eigenvalue weighted by atomic mass is 16.1. The molecule has 1 nitrogen and oxygen atoms in total. The Balaban J connectivity index is 1.64. The predicted octanol–water partition coefficient (Wildman–Crippen LogP) is 5.73. The zero-order valence-electron chi connectivity index (χ0n) is 13.6. The maximum absolute atomic E-state index is 12.4. The van der Waals surface area contributed by atoms with E-state index in [4.69, 9.17) is 0 Å². The number of carbonyl (C=O) groups excluding carboxylic acids is 1. The van der Waals surface area contributed by atoms with Crippen LogP contribution in [0.3, 0.4) is 0 Å². The second-order valence-corrected chi connectivity index (χ2v) is 5.74. The van der Waals surface area contributed by atoms with Crippen LogP contribution in [0.2, 0.25) is 0 Å². The van der Waals surface area contributed by atoms with Gasteiger partial charge in [-0.15, -0.1) is 0 Å². The highest BCUT2D eigenvalue weighted by Gasteiger charge is 2.04. The van der Waals surface area contributed by atoms with E-state index in [-0.39, 0.29) is 5.78 Å². The fraction of sp³-hybridized carbons (Fsp3) is 0.0870. The maximum atomic E-state index is 12.4. The van der Waals surface area contributed by atoms with Crippen molar-refractivity contribution >= 4 is 5.78 Å². The SMILES string of the molecule is O=C(/C=C/CCc1ccccc1)c1cccc(-c2ccccc2)c1. The van der Waals surface area contributed by atoms with Crippen LogP contribution in [0.25, 0.3) is 11.1 Å². The molecule has 0 spiro atoms. The van der Waals surface area contributed by atoms with Crippen molar-refractivity contribution < 1.29 is 4.79 Å². The average Bonchev–Trinajstić information content (AvgIpc) is 2.67. The Hall–Kier alpha value is -2.93. The van der Waals surface area contributed by atoms with Crippen molar-refractivity contribution in [3.05, 3.63) is 108 Å². The van der Waals surface area contributed by atoms with E-state index in [9.17, 15) is 4.79 Å². The third kappa shape index (κ3) is 4.30. The normalized spacial score (nSPS) is 10.8. The molecule has 118 valence electrons. The summed E-state index contributed by atoms with van der Waals surface area (Å²) < 4.78 is 0.